The molecule has 2 heterocycles. The SMILES string of the molecule is N#Cc1cc2c(nc1NCCC1CCOC1)CCC2. The number of nitriles is 1. The molecule has 0 aromatic carbocycles. The lowest BCUT2D eigenvalue weighted by Crippen LogP contribution is -2.11. The van der Waals surface area contributed by atoms with Crippen LogP contribution in [0.3, 0.4) is 0 Å². The van der Waals surface area contributed by atoms with Crippen LogP contribution >= 0.6 is 0 Å². The van der Waals surface area contributed by atoms with E-state index in [0.29, 0.717) is 11.5 Å². The number of nitrogens with zero attached hydrogens (tertiary/aromatic N) is 2. The van der Waals surface area contributed by atoms with Gasteiger partial charge in [0.15, 0.2) is 0 Å². The maximum Gasteiger partial charge on any atom is 0.144 e. The van der Waals surface area contributed by atoms with Gasteiger partial charge >= 0.3 is 0 Å². The van der Waals surface area contributed by atoms with E-state index < -0.39 is 0 Å². The number of hydrogen-bond acceptors (Lipinski definition) is 4. The third-order valence-electron chi connectivity index (χ3n) is 4.04. The second kappa shape index (κ2) is 5.58. The van der Waals surface area contributed by atoms with Gasteiger partial charge in [-0.1, -0.05) is 0 Å². The number of anilines is 1. The Labute approximate surface area is 113 Å². The molecule has 0 amide bonds. The van der Waals surface area contributed by atoms with Crippen molar-refractivity contribution in [3.05, 3.63) is 22.9 Å². The number of ether oxygens (including phenoxy) is 1. The van der Waals surface area contributed by atoms with Gasteiger partial charge in [-0.15, -0.1) is 0 Å². The predicted molar refractivity (Wildman–Crippen MR) is 73.0 cm³/mol. The molecule has 1 N–H and O–H groups in total. The van der Waals surface area contributed by atoms with Crippen molar-refractivity contribution in [1.82, 2.24) is 4.98 Å². The Morgan fingerprint density at radius 1 is 1.47 bits per heavy atom. The summed E-state index contributed by atoms with van der Waals surface area (Å²) in [6.07, 6.45) is 5.52. The average Bonchev–Trinajstić information content (AvgIpc) is 3.08. The molecular formula is C15H19N3O. The molecule has 0 bridgehead atoms. The molecule has 1 aromatic rings. The van der Waals surface area contributed by atoms with Crippen LogP contribution in [-0.2, 0) is 17.6 Å². The molecule has 1 fully saturated rings. The standard InChI is InChI=1S/C15H19N3O/c16-9-13-8-12-2-1-3-14(12)18-15(13)17-6-4-11-5-7-19-10-11/h8,11H,1-7,10H2,(H,17,18). The molecule has 4 nitrogen and oxygen atoms in total. The molecule has 0 radical (unpaired) electrons. The quantitative estimate of drug-likeness (QED) is 0.899. The zero-order valence-corrected chi connectivity index (χ0v) is 11.1. The summed E-state index contributed by atoms with van der Waals surface area (Å²) in [7, 11) is 0. The summed E-state index contributed by atoms with van der Waals surface area (Å²) < 4.78 is 5.37. The van der Waals surface area contributed by atoms with E-state index in [0.717, 1.165) is 57.7 Å². The van der Waals surface area contributed by atoms with Crippen molar-refractivity contribution in [3.63, 3.8) is 0 Å². The number of fused-ring (bicyclic) bond motifs is 1. The maximum absolute atomic E-state index is 9.21. The van der Waals surface area contributed by atoms with Crippen LogP contribution in [0.25, 0.3) is 0 Å². The molecule has 2 aliphatic rings. The Morgan fingerprint density at radius 2 is 2.42 bits per heavy atom. The van der Waals surface area contributed by atoms with E-state index in [4.69, 9.17) is 4.74 Å². The van der Waals surface area contributed by atoms with Gasteiger partial charge in [-0.25, -0.2) is 4.98 Å². The number of aromatic nitrogens is 1. The second-order valence-corrected chi connectivity index (χ2v) is 5.40. The maximum atomic E-state index is 9.21. The Kier molecular flexibility index (Phi) is 3.65. The Balaban J connectivity index is 1.64. The summed E-state index contributed by atoms with van der Waals surface area (Å²) >= 11 is 0. The molecule has 100 valence electrons. The number of aryl methyl sites for hydroxylation is 2. The summed E-state index contributed by atoms with van der Waals surface area (Å²) in [4.78, 5) is 4.62. The highest BCUT2D eigenvalue weighted by atomic mass is 16.5. The molecule has 1 aromatic heterocycles. The fraction of sp³-hybridized carbons (Fsp3) is 0.600. The highest BCUT2D eigenvalue weighted by Gasteiger charge is 2.18. The molecule has 1 saturated heterocycles. The van der Waals surface area contributed by atoms with Gasteiger partial charge in [-0.05, 0) is 49.7 Å². The predicted octanol–water partition coefficient (Wildman–Crippen LogP) is 2.28. The minimum Gasteiger partial charge on any atom is -0.381 e. The lowest BCUT2D eigenvalue weighted by atomic mass is 10.1. The zero-order valence-electron chi connectivity index (χ0n) is 11.1. The van der Waals surface area contributed by atoms with Gasteiger partial charge in [0.25, 0.3) is 0 Å². The molecule has 4 heteroatoms. The van der Waals surface area contributed by atoms with Crippen LogP contribution in [0.2, 0.25) is 0 Å². The molecule has 1 aliphatic heterocycles. The Hall–Kier alpha value is -1.60. The Morgan fingerprint density at radius 3 is 3.21 bits per heavy atom. The van der Waals surface area contributed by atoms with Gasteiger partial charge < -0.3 is 10.1 Å². The number of pyridine rings is 1. The number of nitrogens with one attached hydrogen (secondary N) is 1. The van der Waals surface area contributed by atoms with Crippen molar-refractivity contribution in [2.24, 2.45) is 5.92 Å². The fourth-order valence-electron chi connectivity index (χ4n) is 2.90. The van der Waals surface area contributed by atoms with E-state index in [2.05, 4.69) is 16.4 Å². The third kappa shape index (κ3) is 2.71. The highest BCUT2D eigenvalue weighted by Crippen LogP contribution is 2.25. The summed E-state index contributed by atoms with van der Waals surface area (Å²) in [5.74, 6) is 1.43. The van der Waals surface area contributed by atoms with Crippen molar-refractivity contribution < 1.29 is 4.74 Å². The van der Waals surface area contributed by atoms with Gasteiger partial charge in [0.05, 0.1) is 5.56 Å². The van der Waals surface area contributed by atoms with E-state index in [-0.39, 0.29) is 0 Å². The van der Waals surface area contributed by atoms with Crippen molar-refractivity contribution >= 4 is 5.82 Å². The van der Waals surface area contributed by atoms with Crippen LogP contribution in [-0.4, -0.2) is 24.7 Å². The van der Waals surface area contributed by atoms with E-state index in [1.165, 1.54) is 11.3 Å². The average molecular weight is 257 g/mol. The highest BCUT2D eigenvalue weighted by molar-refractivity contribution is 5.55. The van der Waals surface area contributed by atoms with Crippen molar-refractivity contribution in [3.8, 4) is 6.07 Å². The van der Waals surface area contributed by atoms with Gasteiger partial charge in [-0.2, -0.15) is 5.26 Å². The van der Waals surface area contributed by atoms with Crippen LogP contribution in [0.5, 0.6) is 0 Å². The summed E-state index contributed by atoms with van der Waals surface area (Å²) in [6.45, 7) is 2.64. The molecule has 0 saturated carbocycles. The first-order valence-electron chi connectivity index (χ1n) is 7.11. The van der Waals surface area contributed by atoms with E-state index in [1.54, 1.807) is 0 Å². The first-order chi connectivity index (χ1) is 9.36. The minimum absolute atomic E-state index is 0.660. The van der Waals surface area contributed by atoms with Crippen LogP contribution in [0.1, 0.15) is 36.1 Å². The van der Waals surface area contributed by atoms with Crippen molar-refractivity contribution in [2.45, 2.75) is 32.1 Å². The molecular weight excluding hydrogens is 238 g/mol. The lowest BCUT2D eigenvalue weighted by Gasteiger charge is -2.11. The molecule has 1 unspecified atom stereocenters. The largest absolute Gasteiger partial charge is 0.381 e. The fourth-order valence-corrected chi connectivity index (χ4v) is 2.90. The van der Waals surface area contributed by atoms with Crippen LogP contribution < -0.4 is 5.32 Å². The van der Waals surface area contributed by atoms with Crippen molar-refractivity contribution in [2.75, 3.05) is 25.1 Å². The second-order valence-electron chi connectivity index (χ2n) is 5.40. The normalized spacial score (nSPS) is 21.1. The molecule has 1 atom stereocenters. The van der Waals surface area contributed by atoms with Gasteiger partial charge in [0.1, 0.15) is 11.9 Å². The number of hydrogen-bond donors (Lipinski definition) is 1. The van der Waals surface area contributed by atoms with E-state index >= 15 is 0 Å². The molecule has 1 aliphatic carbocycles. The van der Waals surface area contributed by atoms with E-state index in [9.17, 15) is 5.26 Å². The first kappa shape index (κ1) is 12.4. The Bertz CT molecular complexity index is 501. The van der Waals surface area contributed by atoms with Gasteiger partial charge in [0.2, 0.25) is 0 Å². The molecule has 19 heavy (non-hydrogen) atoms. The summed E-state index contributed by atoms with van der Waals surface area (Å²) in [5, 5.41) is 12.5. The van der Waals surface area contributed by atoms with Gasteiger partial charge in [0, 0.05) is 25.5 Å². The zero-order chi connectivity index (χ0) is 13.1. The topological polar surface area (TPSA) is 57.9 Å². The smallest absolute Gasteiger partial charge is 0.144 e. The summed E-state index contributed by atoms with van der Waals surface area (Å²) in [5.41, 5.74) is 3.11. The number of rotatable bonds is 4. The summed E-state index contributed by atoms with van der Waals surface area (Å²) in [6, 6.07) is 4.26. The monoisotopic (exact) mass is 257 g/mol. The first-order valence-corrected chi connectivity index (χ1v) is 7.11. The third-order valence-corrected chi connectivity index (χ3v) is 4.04. The minimum atomic E-state index is 0.660. The molecule has 0 spiro atoms. The van der Waals surface area contributed by atoms with Crippen molar-refractivity contribution in [1.29, 1.82) is 5.26 Å². The molecule has 3 rings (SSSR count). The van der Waals surface area contributed by atoms with Crippen LogP contribution in [0.15, 0.2) is 6.07 Å². The van der Waals surface area contributed by atoms with Crippen LogP contribution in [0, 0.1) is 17.2 Å². The van der Waals surface area contributed by atoms with Crippen LogP contribution in [0.4, 0.5) is 5.82 Å². The lowest BCUT2D eigenvalue weighted by molar-refractivity contribution is 0.185. The van der Waals surface area contributed by atoms with Gasteiger partial charge in [-0.3, -0.25) is 0 Å². The van der Waals surface area contributed by atoms with E-state index in [1.807, 2.05) is 6.07 Å².